The van der Waals surface area contributed by atoms with E-state index in [1.165, 1.54) is 17.7 Å². The van der Waals surface area contributed by atoms with Crippen molar-refractivity contribution in [3.63, 3.8) is 0 Å². The number of non-ortho nitro benzene ring substituents is 1. The van der Waals surface area contributed by atoms with E-state index in [2.05, 4.69) is 22.1 Å². The van der Waals surface area contributed by atoms with Crippen LogP contribution in [0.15, 0.2) is 35.1 Å². The number of nitro benzene ring substituents is 1. The molecule has 1 unspecified atom stereocenters. The minimum absolute atomic E-state index is 0.0767. The molecular weight excluding hydrogens is 336 g/mol. The average Bonchev–Trinajstić information content (AvgIpc) is 2.85. The van der Waals surface area contributed by atoms with Gasteiger partial charge in [0.25, 0.3) is 5.69 Å². The van der Waals surface area contributed by atoms with Gasteiger partial charge in [0.2, 0.25) is 0 Å². The first-order valence-corrected chi connectivity index (χ1v) is 7.63. The molecule has 1 aliphatic rings. The molecule has 5 nitrogen and oxygen atoms in total. The van der Waals surface area contributed by atoms with Crippen molar-refractivity contribution >= 4 is 21.6 Å². The number of hydrogen-bond acceptors (Lipinski definition) is 3. The molecule has 3 rings (SSSR count). The van der Waals surface area contributed by atoms with E-state index >= 15 is 0 Å². The second-order valence-electron chi connectivity index (χ2n) is 5.35. The fourth-order valence-corrected chi connectivity index (χ4v) is 3.28. The first-order valence-electron chi connectivity index (χ1n) is 6.84. The van der Waals surface area contributed by atoms with Crippen LogP contribution in [0.3, 0.4) is 0 Å². The van der Waals surface area contributed by atoms with Gasteiger partial charge in [-0.05, 0) is 36.5 Å². The summed E-state index contributed by atoms with van der Waals surface area (Å²) in [6, 6.07) is 4.80. The van der Waals surface area contributed by atoms with Crippen LogP contribution in [-0.2, 0) is 13.0 Å². The summed E-state index contributed by atoms with van der Waals surface area (Å²) in [5.41, 5.74) is 3.27. The van der Waals surface area contributed by atoms with Gasteiger partial charge in [0.1, 0.15) is 0 Å². The second-order valence-corrected chi connectivity index (χ2v) is 6.21. The molecule has 1 aromatic carbocycles. The number of aryl methyl sites for hydroxylation is 1. The van der Waals surface area contributed by atoms with E-state index in [1.54, 1.807) is 6.07 Å². The predicted octanol–water partition coefficient (Wildman–Crippen LogP) is 3.58. The zero-order valence-electron chi connectivity index (χ0n) is 11.3. The van der Waals surface area contributed by atoms with E-state index in [0.29, 0.717) is 6.54 Å². The van der Waals surface area contributed by atoms with Crippen LogP contribution in [0.1, 0.15) is 35.6 Å². The van der Waals surface area contributed by atoms with E-state index in [9.17, 15) is 15.2 Å². The molecule has 6 heteroatoms. The van der Waals surface area contributed by atoms with E-state index in [1.807, 2.05) is 10.8 Å². The van der Waals surface area contributed by atoms with Crippen LogP contribution in [-0.4, -0.2) is 14.6 Å². The van der Waals surface area contributed by atoms with Crippen molar-refractivity contribution in [2.45, 2.75) is 31.9 Å². The summed E-state index contributed by atoms with van der Waals surface area (Å²) in [6.45, 7) is 0.623. The summed E-state index contributed by atoms with van der Waals surface area (Å²) in [5.74, 6) is 0. The minimum Gasteiger partial charge on any atom is -0.388 e. The van der Waals surface area contributed by atoms with Gasteiger partial charge >= 0.3 is 0 Å². The molecule has 1 atom stereocenters. The number of aliphatic hydroxyl groups is 1. The molecule has 0 amide bonds. The van der Waals surface area contributed by atoms with Gasteiger partial charge in [0, 0.05) is 41.1 Å². The van der Waals surface area contributed by atoms with Gasteiger partial charge in [0.05, 0.1) is 11.0 Å². The lowest BCUT2D eigenvalue weighted by Crippen LogP contribution is -2.05. The molecule has 1 heterocycles. The highest BCUT2D eigenvalue weighted by Crippen LogP contribution is 2.31. The highest BCUT2D eigenvalue weighted by molar-refractivity contribution is 9.10. The van der Waals surface area contributed by atoms with Gasteiger partial charge in [-0.25, -0.2) is 0 Å². The van der Waals surface area contributed by atoms with Gasteiger partial charge in [-0.1, -0.05) is 15.9 Å². The quantitative estimate of drug-likeness (QED) is 0.679. The number of fused-ring (bicyclic) bond motifs is 1. The molecule has 0 saturated carbocycles. The number of aliphatic hydroxyl groups excluding tert-OH is 1. The van der Waals surface area contributed by atoms with E-state index < -0.39 is 4.92 Å². The van der Waals surface area contributed by atoms with Crippen molar-refractivity contribution in [3.05, 3.63) is 61.9 Å². The Kier molecular flexibility index (Phi) is 3.82. The van der Waals surface area contributed by atoms with Crippen LogP contribution in [0.4, 0.5) is 5.69 Å². The summed E-state index contributed by atoms with van der Waals surface area (Å²) in [5, 5.41) is 20.7. The van der Waals surface area contributed by atoms with Crippen LogP contribution < -0.4 is 0 Å². The van der Waals surface area contributed by atoms with Gasteiger partial charge in [0.15, 0.2) is 0 Å². The van der Waals surface area contributed by atoms with Crippen LogP contribution in [0, 0.1) is 10.1 Å². The van der Waals surface area contributed by atoms with Gasteiger partial charge in [-0.15, -0.1) is 0 Å². The molecular formula is C15H15BrN2O3. The first kappa shape index (κ1) is 14.3. The van der Waals surface area contributed by atoms with Crippen LogP contribution in [0.25, 0.3) is 0 Å². The van der Waals surface area contributed by atoms with Crippen molar-refractivity contribution in [2.75, 3.05) is 0 Å². The third-order valence-electron chi connectivity index (χ3n) is 3.88. The Bertz CT molecular complexity index is 696. The SMILES string of the molecule is O=[N+]([O-])c1ccc(Cn2cc3c(c2)C(O)CCC3)c(Br)c1. The fourth-order valence-electron chi connectivity index (χ4n) is 2.79. The van der Waals surface area contributed by atoms with Crippen molar-refractivity contribution in [1.82, 2.24) is 4.57 Å². The number of nitro groups is 1. The number of aromatic nitrogens is 1. The van der Waals surface area contributed by atoms with E-state index in [4.69, 9.17) is 0 Å². The van der Waals surface area contributed by atoms with Crippen molar-refractivity contribution in [3.8, 4) is 0 Å². The lowest BCUT2D eigenvalue weighted by Gasteiger charge is -2.16. The first-order chi connectivity index (χ1) is 10.0. The van der Waals surface area contributed by atoms with E-state index in [-0.39, 0.29) is 11.8 Å². The number of halogens is 1. The Morgan fingerprint density at radius 2 is 2.24 bits per heavy atom. The fraction of sp³-hybridized carbons (Fsp3) is 0.333. The summed E-state index contributed by atoms with van der Waals surface area (Å²) >= 11 is 3.39. The van der Waals surface area contributed by atoms with Crippen LogP contribution in [0.2, 0.25) is 0 Å². The largest absolute Gasteiger partial charge is 0.388 e. The molecule has 1 aromatic heterocycles. The Morgan fingerprint density at radius 3 is 2.90 bits per heavy atom. The zero-order chi connectivity index (χ0) is 15.0. The van der Waals surface area contributed by atoms with Gasteiger partial charge < -0.3 is 9.67 Å². The second kappa shape index (κ2) is 5.61. The Labute approximate surface area is 130 Å². The molecule has 0 fully saturated rings. The molecule has 1 aliphatic carbocycles. The molecule has 0 radical (unpaired) electrons. The highest BCUT2D eigenvalue weighted by atomic mass is 79.9. The summed E-state index contributed by atoms with van der Waals surface area (Å²) < 4.78 is 2.76. The number of hydrogen-bond donors (Lipinski definition) is 1. The average molecular weight is 351 g/mol. The molecule has 1 N–H and O–H groups in total. The molecule has 2 aromatic rings. The summed E-state index contributed by atoms with van der Waals surface area (Å²) in [7, 11) is 0. The van der Waals surface area contributed by atoms with Crippen molar-refractivity contribution in [2.24, 2.45) is 0 Å². The third kappa shape index (κ3) is 2.87. The molecule has 21 heavy (non-hydrogen) atoms. The van der Waals surface area contributed by atoms with Crippen molar-refractivity contribution < 1.29 is 10.0 Å². The molecule has 0 saturated heterocycles. The number of rotatable bonds is 3. The van der Waals surface area contributed by atoms with Crippen LogP contribution in [0.5, 0.6) is 0 Å². The molecule has 0 bridgehead atoms. The van der Waals surface area contributed by atoms with Crippen LogP contribution >= 0.6 is 15.9 Å². The monoisotopic (exact) mass is 350 g/mol. The maximum atomic E-state index is 10.7. The summed E-state index contributed by atoms with van der Waals surface area (Å²) in [4.78, 5) is 10.3. The molecule has 0 spiro atoms. The predicted molar refractivity (Wildman–Crippen MR) is 82.2 cm³/mol. The lowest BCUT2D eigenvalue weighted by atomic mass is 9.93. The smallest absolute Gasteiger partial charge is 0.270 e. The normalized spacial score (nSPS) is 17.5. The zero-order valence-corrected chi connectivity index (χ0v) is 12.9. The maximum Gasteiger partial charge on any atom is 0.270 e. The summed E-state index contributed by atoms with van der Waals surface area (Å²) in [6.07, 6.45) is 6.51. The number of benzene rings is 1. The Morgan fingerprint density at radius 1 is 1.43 bits per heavy atom. The Hall–Kier alpha value is -1.66. The van der Waals surface area contributed by atoms with Gasteiger partial charge in [-0.3, -0.25) is 10.1 Å². The molecule has 110 valence electrons. The maximum absolute atomic E-state index is 10.7. The number of nitrogens with zero attached hydrogens (tertiary/aromatic N) is 2. The van der Waals surface area contributed by atoms with Gasteiger partial charge in [-0.2, -0.15) is 0 Å². The third-order valence-corrected chi connectivity index (χ3v) is 4.62. The minimum atomic E-state index is -0.404. The van der Waals surface area contributed by atoms with Crippen molar-refractivity contribution in [1.29, 1.82) is 0 Å². The van der Waals surface area contributed by atoms with E-state index in [0.717, 1.165) is 34.9 Å². The standard InChI is InChI=1S/C15H15BrN2O3/c16-14-6-12(18(20)21)5-4-11(14)8-17-7-10-2-1-3-15(19)13(10)9-17/h4-7,9,15,19H,1-3,8H2. The Balaban J connectivity index is 1.85. The lowest BCUT2D eigenvalue weighted by molar-refractivity contribution is -0.384. The molecule has 0 aliphatic heterocycles. The topological polar surface area (TPSA) is 68.3 Å². The highest BCUT2D eigenvalue weighted by Gasteiger charge is 2.20.